The summed E-state index contributed by atoms with van der Waals surface area (Å²) in [6, 6.07) is 17.9. The zero-order valence-electron chi connectivity index (χ0n) is 15.8. The van der Waals surface area contributed by atoms with Gasteiger partial charge in [-0.15, -0.1) is 0 Å². The number of para-hydroxylation sites is 1. The van der Waals surface area contributed by atoms with Crippen molar-refractivity contribution in [1.82, 2.24) is 4.73 Å². The molecule has 3 aromatic rings. The molecule has 6 nitrogen and oxygen atoms in total. The number of carbonyl (C=O) groups excluding carboxylic acids is 1. The summed E-state index contributed by atoms with van der Waals surface area (Å²) in [6.45, 7) is 2.20. The second-order valence-corrected chi connectivity index (χ2v) is 6.14. The van der Waals surface area contributed by atoms with E-state index >= 15 is 0 Å². The molecule has 0 fully saturated rings. The largest absolute Gasteiger partial charge is 0.497 e. The highest BCUT2D eigenvalue weighted by atomic mass is 16.7. The lowest BCUT2D eigenvalue weighted by Gasteiger charge is -2.12. The first-order valence-electron chi connectivity index (χ1n) is 8.99. The van der Waals surface area contributed by atoms with E-state index in [1.165, 1.54) is 12.3 Å². The molecule has 144 valence electrons. The van der Waals surface area contributed by atoms with Crippen molar-refractivity contribution in [2.24, 2.45) is 0 Å². The summed E-state index contributed by atoms with van der Waals surface area (Å²) in [4.78, 5) is 30.8. The molecule has 1 aromatic heterocycles. The molecule has 0 aliphatic rings. The van der Waals surface area contributed by atoms with Crippen LogP contribution in [-0.4, -0.2) is 17.7 Å². The maximum Gasteiger partial charge on any atom is 0.295 e. The lowest BCUT2D eigenvalue weighted by atomic mass is 10.1. The number of methoxy groups -OCH3 is 1. The number of pyridine rings is 1. The molecule has 0 aliphatic carbocycles. The van der Waals surface area contributed by atoms with Crippen LogP contribution >= 0.6 is 0 Å². The standard InChI is InChI=1S/C22H22N2O4/c1-3-17-7-4-5-9-20(17)23-21(25)19-8-6-14-24(22(19)26)28-15-16-10-12-18(27-2)13-11-16/h4-14H,3,15H2,1-2H3,(H,23,25). The maximum absolute atomic E-state index is 12.6. The van der Waals surface area contributed by atoms with Crippen molar-refractivity contribution in [3.05, 3.63) is 93.9 Å². The van der Waals surface area contributed by atoms with Crippen molar-refractivity contribution in [1.29, 1.82) is 0 Å². The van der Waals surface area contributed by atoms with Crippen LogP contribution in [0.2, 0.25) is 0 Å². The van der Waals surface area contributed by atoms with Crippen molar-refractivity contribution >= 4 is 11.6 Å². The molecule has 6 heteroatoms. The number of benzene rings is 2. The molecule has 0 saturated heterocycles. The van der Waals surface area contributed by atoms with Gasteiger partial charge in [0.05, 0.1) is 7.11 Å². The van der Waals surface area contributed by atoms with Crippen LogP contribution < -0.4 is 20.5 Å². The van der Waals surface area contributed by atoms with Gasteiger partial charge in [-0.3, -0.25) is 9.59 Å². The van der Waals surface area contributed by atoms with Crippen molar-refractivity contribution in [2.45, 2.75) is 20.0 Å². The highest BCUT2D eigenvalue weighted by molar-refractivity contribution is 6.04. The van der Waals surface area contributed by atoms with E-state index in [0.717, 1.165) is 28.0 Å². The van der Waals surface area contributed by atoms with Gasteiger partial charge in [-0.1, -0.05) is 37.3 Å². The normalized spacial score (nSPS) is 10.4. The molecule has 1 amide bonds. The lowest BCUT2D eigenvalue weighted by Crippen LogP contribution is -2.32. The number of ether oxygens (including phenoxy) is 1. The molecule has 0 aliphatic heterocycles. The monoisotopic (exact) mass is 378 g/mol. The molecule has 28 heavy (non-hydrogen) atoms. The van der Waals surface area contributed by atoms with Crippen LogP contribution in [0, 0.1) is 0 Å². The van der Waals surface area contributed by atoms with Gasteiger partial charge in [-0.25, -0.2) is 0 Å². The molecule has 0 unspecified atom stereocenters. The Morgan fingerprint density at radius 1 is 1.04 bits per heavy atom. The number of anilines is 1. The molecule has 1 heterocycles. The number of amides is 1. The van der Waals surface area contributed by atoms with Crippen LogP contribution in [-0.2, 0) is 13.0 Å². The first-order chi connectivity index (χ1) is 13.6. The van der Waals surface area contributed by atoms with Gasteiger partial charge in [0.2, 0.25) is 0 Å². The Morgan fingerprint density at radius 3 is 2.50 bits per heavy atom. The number of hydrogen-bond acceptors (Lipinski definition) is 4. The van der Waals surface area contributed by atoms with Crippen LogP contribution in [0.4, 0.5) is 5.69 Å². The number of aromatic nitrogens is 1. The minimum atomic E-state index is -0.512. The number of rotatable bonds is 7. The van der Waals surface area contributed by atoms with Gasteiger partial charge in [-0.2, -0.15) is 4.73 Å². The Morgan fingerprint density at radius 2 is 1.79 bits per heavy atom. The predicted octanol–water partition coefficient (Wildman–Crippen LogP) is 3.30. The van der Waals surface area contributed by atoms with Crippen LogP contribution in [0.3, 0.4) is 0 Å². The predicted molar refractivity (Wildman–Crippen MR) is 108 cm³/mol. The molecule has 0 bridgehead atoms. The van der Waals surface area contributed by atoms with E-state index in [1.54, 1.807) is 13.2 Å². The SMILES string of the molecule is CCc1ccccc1NC(=O)c1cccn(OCc2ccc(OC)cc2)c1=O. The number of carbonyl (C=O) groups is 1. The topological polar surface area (TPSA) is 69.6 Å². The molecular formula is C22H22N2O4. The second kappa shape index (κ2) is 8.90. The molecular weight excluding hydrogens is 356 g/mol. The van der Waals surface area contributed by atoms with E-state index in [0.29, 0.717) is 5.69 Å². The highest BCUT2D eigenvalue weighted by Crippen LogP contribution is 2.16. The van der Waals surface area contributed by atoms with Gasteiger partial charge in [0, 0.05) is 11.9 Å². The molecule has 1 N–H and O–H groups in total. The highest BCUT2D eigenvalue weighted by Gasteiger charge is 2.14. The zero-order chi connectivity index (χ0) is 19.9. The van der Waals surface area contributed by atoms with Crippen molar-refractivity contribution in [3.8, 4) is 5.75 Å². The Kier molecular flexibility index (Phi) is 6.11. The van der Waals surface area contributed by atoms with Crippen LogP contribution in [0.1, 0.15) is 28.4 Å². The van der Waals surface area contributed by atoms with Crippen LogP contribution in [0.25, 0.3) is 0 Å². The first kappa shape index (κ1) is 19.2. The fourth-order valence-electron chi connectivity index (χ4n) is 2.76. The van der Waals surface area contributed by atoms with Gasteiger partial charge in [0.25, 0.3) is 11.5 Å². The molecule has 0 radical (unpaired) electrons. The van der Waals surface area contributed by atoms with E-state index in [9.17, 15) is 9.59 Å². The summed E-state index contributed by atoms with van der Waals surface area (Å²) in [7, 11) is 1.60. The Labute approximate surface area is 163 Å². The Balaban J connectivity index is 1.74. The van der Waals surface area contributed by atoms with Crippen molar-refractivity contribution < 1.29 is 14.4 Å². The van der Waals surface area contributed by atoms with Gasteiger partial charge < -0.3 is 14.9 Å². The third-order valence-corrected chi connectivity index (χ3v) is 4.34. The summed E-state index contributed by atoms with van der Waals surface area (Å²) in [6.07, 6.45) is 2.27. The summed E-state index contributed by atoms with van der Waals surface area (Å²) >= 11 is 0. The second-order valence-electron chi connectivity index (χ2n) is 6.14. The number of aryl methyl sites for hydroxylation is 1. The first-order valence-corrected chi connectivity index (χ1v) is 8.99. The number of nitrogens with zero attached hydrogens (tertiary/aromatic N) is 1. The number of nitrogens with one attached hydrogen (secondary N) is 1. The quantitative estimate of drug-likeness (QED) is 0.685. The van der Waals surface area contributed by atoms with E-state index in [2.05, 4.69) is 5.32 Å². The third kappa shape index (κ3) is 4.40. The van der Waals surface area contributed by atoms with E-state index in [-0.39, 0.29) is 12.2 Å². The van der Waals surface area contributed by atoms with Crippen LogP contribution in [0.15, 0.2) is 71.7 Å². The molecule has 2 aromatic carbocycles. The van der Waals surface area contributed by atoms with E-state index in [4.69, 9.17) is 9.57 Å². The van der Waals surface area contributed by atoms with Gasteiger partial charge in [-0.05, 0) is 47.9 Å². The van der Waals surface area contributed by atoms with Gasteiger partial charge >= 0.3 is 0 Å². The van der Waals surface area contributed by atoms with Gasteiger partial charge in [0.15, 0.2) is 0 Å². The summed E-state index contributed by atoms with van der Waals surface area (Å²) in [5.74, 6) is 0.278. The minimum Gasteiger partial charge on any atom is -0.497 e. The Bertz CT molecular complexity index is 1010. The average molecular weight is 378 g/mol. The fraction of sp³-hybridized carbons (Fsp3) is 0.182. The van der Waals surface area contributed by atoms with Crippen molar-refractivity contribution in [2.75, 3.05) is 12.4 Å². The third-order valence-electron chi connectivity index (χ3n) is 4.34. The molecule has 0 saturated carbocycles. The summed E-state index contributed by atoms with van der Waals surface area (Å²) in [5.41, 5.74) is 2.08. The molecule has 0 spiro atoms. The van der Waals surface area contributed by atoms with Gasteiger partial charge in [0.1, 0.15) is 17.9 Å². The average Bonchev–Trinajstić information content (AvgIpc) is 2.73. The number of hydrogen-bond donors (Lipinski definition) is 1. The van der Waals surface area contributed by atoms with E-state index < -0.39 is 11.5 Å². The zero-order valence-corrected chi connectivity index (χ0v) is 15.8. The van der Waals surface area contributed by atoms with E-state index in [1.807, 2.05) is 55.5 Å². The summed E-state index contributed by atoms with van der Waals surface area (Å²) in [5, 5.41) is 2.81. The molecule has 0 atom stereocenters. The minimum absolute atomic E-state index is 0.0168. The molecule has 3 rings (SSSR count). The smallest absolute Gasteiger partial charge is 0.295 e. The van der Waals surface area contributed by atoms with Crippen LogP contribution in [0.5, 0.6) is 5.75 Å². The lowest BCUT2D eigenvalue weighted by molar-refractivity contribution is 0.0863. The fourth-order valence-corrected chi connectivity index (χ4v) is 2.76. The summed E-state index contributed by atoms with van der Waals surface area (Å²) < 4.78 is 6.19. The van der Waals surface area contributed by atoms with Crippen molar-refractivity contribution in [3.63, 3.8) is 0 Å². The Hall–Kier alpha value is -3.54. The maximum atomic E-state index is 12.6.